The molecule has 2 amide bonds. The number of rotatable bonds is 4. The fourth-order valence-electron chi connectivity index (χ4n) is 1.17. The fraction of sp³-hybridized carbons (Fsp3) is 0.444. The number of carbonyl (C=O) groups is 2. The van der Waals surface area contributed by atoms with Crippen LogP contribution in [0.3, 0.4) is 0 Å². The Morgan fingerprint density at radius 2 is 2.24 bits per heavy atom. The number of anilines is 1. The van der Waals surface area contributed by atoms with E-state index in [0.717, 1.165) is 3.79 Å². The number of nitrogens with one attached hydrogen (secondary N) is 2. The second kappa shape index (κ2) is 5.46. The van der Waals surface area contributed by atoms with Crippen LogP contribution in [0.4, 0.5) is 9.93 Å². The van der Waals surface area contributed by atoms with Gasteiger partial charge in [-0.05, 0) is 29.8 Å². The van der Waals surface area contributed by atoms with Crippen molar-refractivity contribution < 1.29 is 14.7 Å². The molecular weight excluding hydrogens is 310 g/mol. The summed E-state index contributed by atoms with van der Waals surface area (Å²) >= 11 is 4.50. The molecule has 0 aliphatic heterocycles. The number of hydrogen-bond acceptors (Lipinski definition) is 4. The van der Waals surface area contributed by atoms with Gasteiger partial charge in [0.2, 0.25) is 0 Å². The molecule has 17 heavy (non-hydrogen) atoms. The number of halogens is 1. The predicted octanol–water partition coefficient (Wildman–Crippen LogP) is 2.28. The van der Waals surface area contributed by atoms with Crippen LogP contribution in [0.15, 0.2) is 9.98 Å². The van der Waals surface area contributed by atoms with Gasteiger partial charge in [0.25, 0.3) is 0 Å². The Bertz CT molecular complexity index is 433. The number of amides is 2. The topological polar surface area (TPSA) is 91.3 Å². The van der Waals surface area contributed by atoms with Gasteiger partial charge in [0.05, 0.1) is 16.4 Å². The highest BCUT2D eigenvalue weighted by atomic mass is 79.9. The van der Waals surface area contributed by atoms with Crippen molar-refractivity contribution in [2.45, 2.75) is 25.8 Å². The Morgan fingerprint density at radius 3 is 2.71 bits per heavy atom. The molecule has 0 saturated carbocycles. The van der Waals surface area contributed by atoms with Crippen molar-refractivity contribution in [2.24, 2.45) is 0 Å². The van der Waals surface area contributed by atoms with Crippen LogP contribution in [0.2, 0.25) is 0 Å². The minimum atomic E-state index is -0.965. The molecule has 0 radical (unpaired) electrons. The zero-order valence-corrected chi connectivity index (χ0v) is 11.7. The number of thiazole rings is 1. The van der Waals surface area contributed by atoms with Crippen LogP contribution < -0.4 is 10.6 Å². The maximum atomic E-state index is 11.6. The van der Waals surface area contributed by atoms with Gasteiger partial charge in [-0.15, -0.1) is 0 Å². The normalized spacial score (nSPS) is 11.0. The van der Waals surface area contributed by atoms with Gasteiger partial charge >= 0.3 is 12.0 Å². The highest BCUT2D eigenvalue weighted by Crippen LogP contribution is 2.23. The van der Waals surface area contributed by atoms with Crippen LogP contribution in [0.5, 0.6) is 0 Å². The first kappa shape index (κ1) is 13.9. The summed E-state index contributed by atoms with van der Waals surface area (Å²) in [5, 5.41) is 14.2. The molecule has 1 aromatic rings. The molecule has 3 N–H and O–H groups in total. The van der Waals surface area contributed by atoms with Gasteiger partial charge in [-0.1, -0.05) is 11.3 Å². The van der Waals surface area contributed by atoms with E-state index in [1.807, 2.05) is 0 Å². The maximum Gasteiger partial charge on any atom is 0.321 e. The van der Waals surface area contributed by atoms with Gasteiger partial charge in [0.1, 0.15) is 0 Å². The van der Waals surface area contributed by atoms with Crippen molar-refractivity contribution in [1.29, 1.82) is 0 Å². The second-order valence-electron chi connectivity index (χ2n) is 4.00. The highest BCUT2D eigenvalue weighted by Gasteiger charge is 2.24. The Balaban J connectivity index is 2.52. The van der Waals surface area contributed by atoms with E-state index < -0.39 is 17.5 Å². The van der Waals surface area contributed by atoms with Gasteiger partial charge in [-0.3, -0.25) is 10.1 Å². The van der Waals surface area contributed by atoms with Gasteiger partial charge in [0.15, 0.2) is 5.13 Å². The van der Waals surface area contributed by atoms with E-state index in [4.69, 9.17) is 5.11 Å². The van der Waals surface area contributed by atoms with Crippen molar-refractivity contribution in [3.63, 3.8) is 0 Å². The summed E-state index contributed by atoms with van der Waals surface area (Å²) in [4.78, 5) is 26.1. The molecule has 0 fully saturated rings. The molecule has 0 saturated heterocycles. The molecule has 6 nitrogen and oxygen atoms in total. The summed E-state index contributed by atoms with van der Waals surface area (Å²) in [7, 11) is 0. The number of hydrogen-bond donors (Lipinski definition) is 3. The first-order valence-electron chi connectivity index (χ1n) is 4.71. The third-order valence-electron chi connectivity index (χ3n) is 1.74. The summed E-state index contributed by atoms with van der Waals surface area (Å²) in [6.45, 7) is 3.27. The number of aliphatic carboxylic acids is 1. The smallest absolute Gasteiger partial charge is 0.321 e. The van der Waals surface area contributed by atoms with E-state index in [1.54, 1.807) is 20.0 Å². The van der Waals surface area contributed by atoms with Gasteiger partial charge in [-0.25, -0.2) is 9.78 Å². The Kier molecular flexibility index (Phi) is 4.47. The molecule has 0 atom stereocenters. The molecule has 0 spiro atoms. The lowest BCUT2D eigenvalue weighted by Gasteiger charge is -2.23. The SMILES string of the molecule is CC(C)(CC(=O)O)NC(=O)Nc1ncc(Br)s1. The van der Waals surface area contributed by atoms with Crippen molar-refractivity contribution in [1.82, 2.24) is 10.3 Å². The van der Waals surface area contributed by atoms with E-state index in [9.17, 15) is 9.59 Å². The third kappa shape index (κ3) is 5.14. The minimum Gasteiger partial charge on any atom is -0.481 e. The Morgan fingerprint density at radius 1 is 1.59 bits per heavy atom. The van der Waals surface area contributed by atoms with E-state index in [2.05, 4.69) is 31.5 Å². The summed E-state index contributed by atoms with van der Waals surface area (Å²) in [6, 6.07) is -0.474. The van der Waals surface area contributed by atoms with Crippen molar-refractivity contribution in [3.8, 4) is 0 Å². The molecule has 0 bridgehead atoms. The molecule has 0 aliphatic rings. The lowest BCUT2D eigenvalue weighted by atomic mass is 10.0. The number of carboxylic acids is 1. The summed E-state index contributed by atoms with van der Waals surface area (Å²) in [5.74, 6) is -0.965. The summed E-state index contributed by atoms with van der Waals surface area (Å²) < 4.78 is 0.803. The number of carboxylic acid groups (broad SMARTS) is 1. The molecule has 0 aromatic carbocycles. The lowest BCUT2D eigenvalue weighted by Crippen LogP contribution is -2.46. The third-order valence-corrected chi connectivity index (χ3v) is 3.13. The van der Waals surface area contributed by atoms with Crippen molar-refractivity contribution in [2.75, 3.05) is 5.32 Å². The van der Waals surface area contributed by atoms with Crippen LogP contribution in [-0.4, -0.2) is 27.6 Å². The van der Waals surface area contributed by atoms with Gasteiger partial charge in [-0.2, -0.15) is 0 Å². The van der Waals surface area contributed by atoms with Crippen LogP contribution in [0, 0.1) is 0 Å². The molecule has 0 aliphatic carbocycles. The number of aromatic nitrogens is 1. The summed E-state index contributed by atoms with van der Waals surface area (Å²) in [5.41, 5.74) is -0.815. The first-order chi connectivity index (χ1) is 7.78. The summed E-state index contributed by atoms with van der Waals surface area (Å²) in [6.07, 6.45) is 1.42. The van der Waals surface area contributed by atoms with Crippen molar-refractivity contribution >= 4 is 44.4 Å². The zero-order chi connectivity index (χ0) is 13.1. The molecule has 94 valence electrons. The lowest BCUT2D eigenvalue weighted by molar-refractivity contribution is -0.138. The molecular formula is C9H12BrN3O3S. The standard InChI is InChI=1S/C9H12BrN3O3S/c1-9(2,3-6(14)15)13-7(16)12-8-11-4-5(10)17-8/h4H,3H2,1-2H3,(H,14,15)(H2,11,12,13,16). The van der Waals surface area contributed by atoms with E-state index in [0.29, 0.717) is 5.13 Å². The average molecular weight is 322 g/mol. The Labute approximate surface area is 111 Å². The van der Waals surface area contributed by atoms with E-state index in [1.165, 1.54) is 11.3 Å². The number of urea groups is 1. The Hall–Kier alpha value is -1.15. The number of nitrogens with zero attached hydrogens (tertiary/aromatic N) is 1. The van der Waals surface area contributed by atoms with Gasteiger partial charge < -0.3 is 10.4 Å². The molecule has 1 aromatic heterocycles. The van der Waals surface area contributed by atoms with Crippen molar-refractivity contribution in [3.05, 3.63) is 9.98 Å². The largest absolute Gasteiger partial charge is 0.481 e. The van der Waals surface area contributed by atoms with Gasteiger partial charge in [0, 0.05) is 5.54 Å². The van der Waals surface area contributed by atoms with Crippen LogP contribution in [0.25, 0.3) is 0 Å². The first-order valence-corrected chi connectivity index (χ1v) is 6.32. The van der Waals surface area contributed by atoms with Crippen LogP contribution in [0.1, 0.15) is 20.3 Å². The van der Waals surface area contributed by atoms with E-state index >= 15 is 0 Å². The molecule has 0 unspecified atom stereocenters. The zero-order valence-electron chi connectivity index (χ0n) is 9.28. The quantitative estimate of drug-likeness (QED) is 0.793. The van der Waals surface area contributed by atoms with Crippen LogP contribution >= 0.6 is 27.3 Å². The monoisotopic (exact) mass is 321 g/mol. The molecule has 1 heterocycles. The van der Waals surface area contributed by atoms with E-state index in [-0.39, 0.29) is 6.42 Å². The predicted molar refractivity (Wildman–Crippen MR) is 68.3 cm³/mol. The minimum absolute atomic E-state index is 0.151. The highest BCUT2D eigenvalue weighted by molar-refractivity contribution is 9.11. The van der Waals surface area contributed by atoms with Crippen LogP contribution in [-0.2, 0) is 4.79 Å². The second-order valence-corrected chi connectivity index (χ2v) is 6.41. The number of carbonyl (C=O) groups excluding carboxylic acids is 1. The molecule has 1 rings (SSSR count). The average Bonchev–Trinajstić information content (AvgIpc) is 2.46. The maximum absolute atomic E-state index is 11.6. The fourth-order valence-corrected chi connectivity index (χ4v) is 2.27. The molecule has 8 heteroatoms.